The Balaban J connectivity index is 1.68. The predicted molar refractivity (Wildman–Crippen MR) is 405 cm³/mol. The number of ether oxygens (including phenoxy) is 4. The molecule has 0 radical (unpaired) electrons. The minimum Gasteiger partial charge on any atom is -0.394 e. The third-order valence-corrected chi connectivity index (χ3v) is 18.3. The van der Waals surface area contributed by atoms with E-state index in [0.29, 0.717) is 12.8 Å². The molecule has 0 bridgehead atoms. The molecule has 0 saturated carbocycles. The summed E-state index contributed by atoms with van der Waals surface area (Å²) in [4.78, 5) is 13.4. The van der Waals surface area contributed by atoms with Crippen LogP contribution in [-0.4, -0.2) is 140 Å². The number of carbonyl (C=O) groups excluding carboxylic acids is 1. The molecule has 14 nitrogen and oxygen atoms in total. The summed E-state index contributed by atoms with van der Waals surface area (Å²) in [5, 5.41) is 87.6. The second kappa shape index (κ2) is 66.4. The molecule has 2 fully saturated rings. The fourth-order valence-electron chi connectivity index (χ4n) is 12.1. The molecule has 14 heteroatoms. The maximum Gasteiger partial charge on any atom is 0.220 e. The predicted octanol–water partition coefficient (Wildman–Crippen LogP) is 17.8. The highest BCUT2D eigenvalue weighted by Gasteiger charge is 2.51. The van der Waals surface area contributed by atoms with Gasteiger partial charge >= 0.3 is 0 Å². The largest absolute Gasteiger partial charge is 0.394 e. The first-order chi connectivity index (χ1) is 48.1. The van der Waals surface area contributed by atoms with Gasteiger partial charge in [-0.25, -0.2) is 0 Å². The summed E-state index contributed by atoms with van der Waals surface area (Å²) in [5.41, 5.74) is 0. The van der Waals surface area contributed by atoms with Crippen LogP contribution in [0.5, 0.6) is 0 Å². The fraction of sp³-hybridized carbons (Fsp3) is 0.726. The van der Waals surface area contributed by atoms with Crippen LogP contribution in [0.1, 0.15) is 296 Å². The Hall–Kier alpha value is -3.87. The van der Waals surface area contributed by atoms with Crippen LogP contribution in [-0.2, 0) is 23.7 Å². The van der Waals surface area contributed by atoms with Crippen molar-refractivity contribution in [3.63, 3.8) is 0 Å². The first-order valence-electron chi connectivity index (χ1n) is 39.4. The first-order valence-corrected chi connectivity index (χ1v) is 39.4. The highest BCUT2D eigenvalue weighted by atomic mass is 16.7. The molecule has 2 rings (SSSR count). The van der Waals surface area contributed by atoms with Gasteiger partial charge in [-0.2, -0.15) is 0 Å². The van der Waals surface area contributed by atoms with Crippen molar-refractivity contribution >= 4 is 5.91 Å². The van der Waals surface area contributed by atoms with E-state index in [2.05, 4.69) is 141 Å². The van der Waals surface area contributed by atoms with Crippen LogP contribution >= 0.6 is 0 Å². The molecule has 12 unspecified atom stereocenters. The SMILES string of the molecule is CC/C=C\C/C=C\C/C=C\C/C=C\C/C=C\C/C=C\C/C=C\C/C=C\C/C=C\CCCCCC(=O)NC(COC1OC(CO)C(OC2OC(CO)C(O)C(O)C2O)C(O)C1O)C(O)/C=C/CC/C=C/CCCCCCCCCCCCCCCCCCCCCCCCCCCCC. The molecule has 1 amide bonds. The number of aliphatic hydroxyl groups is 8. The average molecular weight is 1380 g/mol. The van der Waals surface area contributed by atoms with Crippen LogP contribution in [0.25, 0.3) is 0 Å². The van der Waals surface area contributed by atoms with Gasteiger partial charge in [-0.1, -0.05) is 321 Å². The number of rotatable bonds is 64. The Morgan fingerprint density at radius 3 is 1.12 bits per heavy atom. The number of hydrogen-bond donors (Lipinski definition) is 9. The Morgan fingerprint density at radius 2 is 0.714 bits per heavy atom. The van der Waals surface area contributed by atoms with Crippen molar-refractivity contribution in [2.24, 2.45) is 0 Å². The minimum atomic E-state index is -1.80. The molecule has 0 aliphatic carbocycles. The average Bonchev–Trinajstić information content (AvgIpc) is 0.793. The molecule has 0 aromatic heterocycles. The van der Waals surface area contributed by atoms with Crippen LogP contribution < -0.4 is 5.32 Å². The Bertz CT molecular complexity index is 2160. The fourth-order valence-corrected chi connectivity index (χ4v) is 12.1. The first kappa shape index (κ1) is 90.2. The Morgan fingerprint density at radius 1 is 0.378 bits per heavy atom. The number of amides is 1. The molecule has 9 N–H and O–H groups in total. The lowest BCUT2D eigenvalue weighted by atomic mass is 9.97. The van der Waals surface area contributed by atoms with Crippen molar-refractivity contribution in [3.05, 3.63) is 134 Å². The third kappa shape index (κ3) is 48.9. The molecule has 562 valence electrons. The monoisotopic (exact) mass is 1370 g/mol. The number of nitrogens with one attached hydrogen (secondary N) is 1. The summed E-state index contributed by atoms with van der Waals surface area (Å²) in [5.74, 6) is -0.284. The molecule has 2 aliphatic heterocycles. The van der Waals surface area contributed by atoms with E-state index in [-0.39, 0.29) is 18.9 Å². The summed E-state index contributed by atoms with van der Waals surface area (Å²) in [6.45, 7) is 2.67. The van der Waals surface area contributed by atoms with Crippen molar-refractivity contribution in [3.8, 4) is 0 Å². The standard InChI is InChI=1S/C84H143NO13/c1-3-5-7-9-11-13-15-17-19-21-23-25-27-29-31-33-35-36-38-39-41-43-45-47-49-51-53-55-57-59-61-63-65-67-73(88)72(71-95-83-81(94)79(92)82(75(70-87)97-83)98-84-80(93)78(91)77(90)74(69-86)96-84)85-76(89)68-66-64-62-60-58-56-54-52-50-48-46-44-42-40-37-34-32-30-28-26-24-22-20-18-16-14-12-10-8-6-4-2/h6,8,12,14,18,20,24,26,30,32,37,40,44,46,50,52,56-59,65,67,72-75,77-84,86-88,90-94H,3-5,7,9-11,13,15-17,19,21-23,25,27-29,31,33-36,38-39,41-43,45,47-49,51,53-55,60-64,66,68-71H2,1-2H3,(H,85,89)/b8-6-,14-12-,20-18-,26-24-,32-30-,40-37-,46-44-,52-50-,58-56-,59-57+,67-65+. The van der Waals surface area contributed by atoms with Gasteiger partial charge in [-0.3, -0.25) is 4.79 Å². The number of hydrogen-bond acceptors (Lipinski definition) is 13. The molecule has 2 heterocycles. The zero-order valence-corrected chi connectivity index (χ0v) is 61.5. The summed E-state index contributed by atoms with van der Waals surface area (Å²) >= 11 is 0. The van der Waals surface area contributed by atoms with Gasteiger partial charge in [0.05, 0.1) is 32.0 Å². The minimum absolute atomic E-state index is 0.225. The van der Waals surface area contributed by atoms with Gasteiger partial charge in [0.15, 0.2) is 12.6 Å². The van der Waals surface area contributed by atoms with Gasteiger partial charge in [0, 0.05) is 6.42 Å². The van der Waals surface area contributed by atoms with E-state index < -0.39 is 86.8 Å². The van der Waals surface area contributed by atoms with Crippen molar-refractivity contribution in [2.75, 3.05) is 19.8 Å². The maximum atomic E-state index is 13.4. The highest BCUT2D eigenvalue weighted by Crippen LogP contribution is 2.30. The summed E-state index contributed by atoms with van der Waals surface area (Å²) < 4.78 is 22.9. The number of allylic oxidation sites excluding steroid dienone is 21. The topological polar surface area (TPSA) is 228 Å². The number of unbranched alkanes of at least 4 members (excludes halogenated alkanes) is 31. The van der Waals surface area contributed by atoms with Crippen molar-refractivity contribution in [1.82, 2.24) is 5.32 Å². The van der Waals surface area contributed by atoms with Crippen LogP contribution in [0.15, 0.2) is 134 Å². The molecule has 0 spiro atoms. The molecule has 12 atom stereocenters. The second-order valence-electron chi connectivity index (χ2n) is 27.1. The number of aliphatic hydroxyl groups excluding tert-OH is 8. The zero-order valence-electron chi connectivity index (χ0n) is 61.5. The van der Waals surface area contributed by atoms with Gasteiger partial charge in [-0.05, 0) is 103 Å². The lowest BCUT2D eigenvalue weighted by molar-refractivity contribution is -0.359. The van der Waals surface area contributed by atoms with Crippen LogP contribution in [0.2, 0.25) is 0 Å². The van der Waals surface area contributed by atoms with Crippen LogP contribution in [0, 0.1) is 0 Å². The highest BCUT2D eigenvalue weighted by molar-refractivity contribution is 5.76. The summed E-state index contributed by atoms with van der Waals surface area (Å²) in [6, 6.07) is -0.963. The van der Waals surface area contributed by atoms with Crippen LogP contribution in [0.3, 0.4) is 0 Å². The van der Waals surface area contributed by atoms with E-state index in [0.717, 1.165) is 89.9 Å². The van der Waals surface area contributed by atoms with E-state index in [4.69, 9.17) is 18.9 Å². The smallest absolute Gasteiger partial charge is 0.220 e. The summed E-state index contributed by atoms with van der Waals surface area (Å²) in [6.07, 6.45) is 82.4. The van der Waals surface area contributed by atoms with E-state index >= 15 is 0 Å². The van der Waals surface area contributed by atoms with Gasteiger partial charge in [0.1, 0.15) is 48.8 Å². The lowest BCUT2D eigenvalue weighted by Gasteiger charge is -2.46. The van der Waals surface area contributed by atoms with Gasteiger partial charge in [-0.15, -0.1) is 0 Å². The van der Waals surface area contributed by atoms with Crippen LogP contribution in [0.4, 0.5) is 0 Å². The molecule has 0 aromatic carbocycles. The van der Waals surface area contributed by atoms with Gasteiger partial charge < -0.3 is 65.1 Å². The molecular formula is C84H143NO13. The molecule has 98 heavy (non-hydrogen) atoms. The summed E-state index contributed by atoms with van der Waals surface area (Å²) in [7, 11) is 0. The number of carbonyl (C=O) groups is 1. The maximum absolute atomic E-state index is 13.4. The van der Waals surface area contributed by atoms with Crippen molar-refractivity contribution < 1.29 is 64.6 Å². The third-order valence-electron chi connectivity index (χ3n) is 18.3. The van der Waals surface area contributed by atoms with Crippen molar-refractivity contribution in [2.45, 2.75) is 370 Å². The normalized spacial score (nSPS) is 22.8. The Labute approximate surface area is 596 Å². The molecular weight excluding hydrogens is 1230 g/mol. The molecule has 0 aromatic rings. The van der Waals surface area contributed by atoms with Gasteiger partial charge in [0.25, 0.3) is 0 Å². The second-order valence-corrected chi connectivity index (χ2v) is 27.1. The van der Waals surface area contributed by atoms with Gasteiger partial charge in [0.2, 0.25) is 5.91 Å². The van der Waals surface area contributed by atoms with Crippen molar-refractivity contribution in [1.29, 1.82) is 0 Å². The zero-order chi connectivity index (χ0) is 70.8. The molecule has 2 aliphatic rings. The van der Waals surface area contributed by atoms with E-state index in [9.17, 15) is 45.6 Å². The quantitative estimate of drug-likeness (QED) is 0.0204. The molecule has 2 saturated heterocycles. The lowest BCUT2D eigenvalue weighted by Crippen LogP contribution is -2.65. The Kier molecular flexibility index (Phi) is 61.1. The van der Waals surface area contributed by atoms with E-state index in [1.54, 1.807) is 6.08 Å². The van der Waals surface area contributed by atoms with E-state index in [1.807, 2.05) is 6.08 Å². The van der Waals surface area contributed by atoms with E-state index in [1.165, 1.54) is 173 Å².